The van der Waals surface area contributed by atoms with Crippen molar-refractivity contribution in [3.63, 3.8) is 0 Å². The van der Waals surface area contributed by atoms with Gasteiger partial charge in [0, 0.05) is 17.1 Å². The number of carbonyl (C=O) groups excluding carboxylic acids is 1. The summed E-state index contributed by atoms with van der Waals surface area (Å²) in [5.41, 5.74) is 4.83. The minimum absolute atomic E-state index is 0.0125. The number of benzene rings is 3. The molecule has 1 amide bonds. The number of amides is 1. The van der Waals surface area contributed by atoms with Gasteiger partial charge >= 0.3 is 0 Å². The second-order valence-corrected chi connectivity index (χ2v) is 7.86. The Kier molecular flexibility index (Phi) is 5.69. The van der Waals surface area contributed by atoms with Crippen LogP contribution < -0.4 is 9.47 Å². The van der Waals surface area contributed by atoms with Crippen LogP contribution in [-0.4, -0.2) is 31.6 Å². The molecule has 3 aromatic carbocycles. The lowest BCUT2D eigenvalue weighted by molar-refractivity contribution is 0.0693. The zero-order valence-corrected chi connectivity index (χ0v) is 18.1. The zero-order valence-electron chi connectivity index (χ0n) is 17.3. The number of fused-ring (bicyclic) bond motifs is 1. The van der Waals surface area contributed by atoms with Crippen LogP contribution in [-0.2, 0) is 6.42 Å². The summed E-state index contributed by atoms with van der Waals surface area (Å²) in [6, 6.07) is 19.1. The Morgan fingerprint density at radius 3 is 2.43 bits per heavy atom. The smallest absolute Gasteiger partial charge is 0.254 e. The van der Waals surface area contributed by atoms with Crippen LogP contribution in [0.15, 0.2) is 60.7 Å². The highest BCUT2D eigenvalue weighted by Gasteiger charge is 2.34. The first-order valence-corrected chi connectivity index (χ1v) is 10.3. The summed E-state index contributed by atoms with van der Waals surface area (Å²) < 4.78 is 11.1. The van der Waals surface area contributed by atoms with Gasteiger partial charge in [-0.05, 0) is 65.9 Å². The summed E-state index contributed by atoms with van der Waals surface area (Å²) >= 11 is 6.32. The van der Waals surface area contributed by atoms with Crippen LogP contribution in [0.1, 0.15) is 38.7 Å². The SMILES string of the molecule is COc1cc2c(cc1OC)[C@H](c1cccc(Cl)c1)N(C(=O)c1ccccc1C)CC2. The molecule has 30 heavy (non-hydrogen) atoms. The third-order valence-corrected chi connectivity index (χ3v) is 5.91. The molecule has 4 nitrogen and oxygen atoms in total. The van der Waals surface area contributed by atoms with Crippen molar-refractivity contribution in [1.29, 1.82) is 0 Å². The third-order valence-electron chi connectivity index (χ3n) is 5.67. The van der Waals surface area contributed by atoms with E-state index >= 15 is 0 Å². The van der Waals surface area contributed by atoms with Gasteiger partial charge in [-0.2, -0.15) is 0 Å². The van der Waals surface area contributed by atoms with Gasteiger partial charge in [0.1, 0.15) is 0 Å². The Hall–Kier alpha value is -2.98. The highest BCUT2D eigenvalue weighted by Crippen LogP contribution is 2.42. The van der Waals surface area contributed by atoms with Crippen molar-refractivity contribution in [2.45, 2.75) is 19.4 Å². The van der Waals surface area contributed by atoms with Crippen molar-refractivity contribution < 1.29 is 14.3 Å². The van der Waals surface area contributed by atoms with E-state index in [1.165, 1.54) is 0 Å². The van der Waals surface area contributed by atoms with Crippen molar-refractivity contribution in [3.8, 4) is 11.5 Å². The standard InChI is InChI=1S/C25H24ClNO3/c1-16-7-4-5-10-20(16)25(28)27-12-11-17-14-22(29-2)23(30-3)15-21(17)24(27)18-8-6-9-19(26)13-18/h4-10,13-15,24H,11-12H2,1-3H3/t24-/m0/s1. The number of halogens is 1. The first kappa shape index (κ1) is 20.3. The Morgan fingerprint density at radius 1 is 1.00 bits per heavy atom. The molecule has 1 atom stereocenters. The Balaban J connectivity index is 1.88. The van der Waals surface area contributed by atoms with Crippen molar-refractivity contribution in [2.75, 3.05) is 20.8 Å². The lowest BCUT2D eigenvalue weighted by Crippen LogP contribution is -2.41. The van der Waals surface area contributed by atoms with Crippen LogP contribution >= 0.6 is 11.6 Å². The molecular formula is C25H24ClNO3. The van der Waals surface area contributed by atoms with Gasteiger partial charge in [0.05, 0.1) is 20.3 Å². The third kappa shape index (κ3) is 3.63. The molecule has 1 aliphatic rings. The topological polar surface area (TPSA) is 38.8 Å². The molecule has 0 aliphatic carbocycles. The molecule has 0 fully saturated rings. The van der Waals surface area contributed by atoms with Crippen LogP contribution in [0.25, 0.3) is 0 Å². The number of nitrogens with zero attached hydrogens (tertiary/aromatic N) is 1. The Labute approximate surface area is 182 Å². The van der Waals surface area contributed by atoms with Gasteiger partial charge in [0.2, 0.25) is 0 Å². The van der Waals surface area contributed by atoms with E-state index in [4.69, 9.17) is 21.1 Å². The van der Waals surface area contributed by atoms with Gasteiger partial charge < -0.3 is 14.4 Å². The van der Waals surface area contributed by atoms with E-state index in [0.29, 0.717) is 28.6 Å². The summed E-state index contributed by atoms with van der Waals surface area (Å²) in [5, 5.41) is 0.642. The average molecular weight is 422 g/mol. The van der Waals surface area contributed by atoms with Crippen LogP contribution in [0.2, 0.25) is 5.02 Å². The monoisotopic (exact) mass is 421 g/mol. The van der Waals surface area contributed by atoms with Crippen molar-refractivity contribution in [3.05, 3.63) is 93.5 Å². The molecule has 0 unspecified atom stereocenters. The van der Waals surface area contributed by atoms with Gasteiger partial charge in [-0.1, -0.05) is 41.9 Å². The molecule has 4 rings (SSSR count). The first-order valence-electron chi connectivity index (χ1n) is 9.90. The lowest BCUT2D eigenvalue weighted by atomic mass is 9.87. The van der Waals surface area contributed by atoms with Gasteiger partial charge in [-0.15, -0.1) is 0 Å². The lowest BCUT2D eigenvalue weighted by Gasteiger charge is -2.38. The fraction of sp³-hybridized carbons (Fsp3) is 0.240. The number of methoxy groups -OCH3 is 2. The van der Waals surface area contributed by atoms with Gasteiger partial charge in [-0.25, -0.2) is 0 Å². The fourth-order valence-electron chi connectivity index (χ4n) is 4.17. The Bertz CT molecular complexity index is 1100. The maximum absolute atomic E-state index is 13.6. The first-order chi connectivity index (χ1) is 14.5. The molecule has 0 saturated heterocycles. The Morgan fingerprint density at radius 2 is 1.73 bits per heavy atom. The van der Waals surface area contributed by atoms with Crippen LogP contribution in [0, 0.1) is 6.92 Å². The maximum atomic E-state index is 13.6. The maximum Gasteiger partial charge on any atom is 0.254 e. The minimum Gasteiger partial charge on any atom is -0.493 e. The molecule has 0 bridgehead atoms. The average Bonchev–Trinajstić information content (AvgIpc) is 2.77. The predicted molar refractivity (Wildman–Crippen MR) is 119 cm³/mol. The summed E-state index contributed by atoms with van der Waals surface area (Å²) in [7, 11) is 3.26. The van der Waals surface area contributed by atoms with E-state index in [9.17, 15) is 4.79 Å². The molecule has 3 aromatic rings. The molecule has 0 N–H and O–H groups in total. The molecule has 1 heterocycles. The van der Waals surface area contributed by atoms with Crippen LogP contribution in [0.5, 0.6) is 11.5 Å². The molecule has 0 aromatic heterocycles. The summed E-state index contributed by atoms with van der Waals surface area (Å²) in [6.45, 7) is 2.57. The van der Waals surface area contributed by atoms with E-state index < -0.39 is 0 Å². The fourth-order valence-corrected chi connectivity index (χ4v) is 4.37. The second kappa shape index (κ2) is 8.41. The molecule has 1 aliphatic heterocycles. The molecule has 0 spiro atoms. The number of carbonyl (C=O) groups is 1. The molecule has 0 saturated carbocycles. The molecule has 0 radical (unpaired) electrons. The van der Waals surface area contributed by atoms with E-state index in [-0.39, 0.29) is 11.9 Å². The van der Waals surface area contributed by atoms with E-state index in [1.54, 1.807) is 14.2 Å². The zero-order chi connectivity index (χ0) is 21.3. The van der Waals surface area contributed by atoms with E-state index in [0.717, 1.165) is 28.7 Å². The van der Waals surface area contributed by atoms with E-state index in [2.05, 4.69) is 0 Å². The number of hydrogen-bond donors (Lipinski definition) is 0. The number of rotatable bonds is 4. The molecule has 5 heteroatoms. The summed E-state index contributed by atoms with van der Waals surface area (Å²) in [5.74, 6) is 1.35. The van der Waals surface area contributed by atoms with Crippen molar-refractivity contribution in [2.24, 2.45) is 0 Å². The van der Waals surface area contributed by atoms with Crippen LogP contribution in [0.4, 0.5) is 0 Å². The number of aryl methyl sites for hydroxylation is 1. The van der Waals surface area contributed by atoms with Crippen LogP contribution in [0.3, 0.4) is 0 Å². The highest BCUT2D eigenvalue weighted by molar-refractivity contribution is 6.30. The molecular weight excluding hydrogens is 398 g/mol. The summed E-state index contributed by atoms with van der Waals surface area (Å²) in [6.07, 6.45) is 0.740. The normalized spacial score (nSPS) is 15.5. The van der Waals surface area contributed by atoms with Crippen molar-refractivity contribution >= 4 is 17.5 Å². The summed E-state index contributed by atoms with van der Waals surface area (Å²) in [4.78, 5) is 15.5. The minimum atomic E-state index is -0.264. The number of ether oxygens (including phenoxy) is 2. The highest BCUT2D eigenvalue weighted by atomic mass is 35.5. The quantitative estimate of drug-likeness (QED) is 0.562. The second-order valence-electron chi connectivity index (χ2n) is 7.43. The number of hydrogen-bond acceptors (Lipinski definition) is 3. The van der Waals surface area contributed by atoms with Gasteiger partial charge in [-0.3, -0.25) is 4.79 Å². The predicted octanol–water partition coefficient (Wildman–Crippen LogP) is 5.45. The van der Waals surface area contributed by atoms with Gasteiger partial charge in [0.25, 0.3) is 5.91 Å². The van der Waals surface area contributed by atoms with E-state index in [1.807, 2.05) is 72.5 Å². The molecule has 154 valence electrons. The largest absolute Gasteiger partial charge is 0.493 e. The van der Waals surface area contributed by atoms with Crippen molar-refractivity contribution in [1.82, 2.24) is 4.90 Å². The van der Waals surface area contributed by atoms with Gasteiger partial charge in [0.15, 0.2) is 11.5 Å².